The molecule has 0 unspecified atom stereocenters. The van der Waals surface area contributed by atoms with Gasteiger partial charge >= 0.3 is 7.12 Å². The number of hydrogen-bond acceptors (Lipinski definition) is 3. The molecule has 4 aromatic carbocycles. The van der Waals surface area contributed by atoms with Gasteiger partial charge in [0, 0.05) is 17.1 Å². The topological polar surface area (TPSA) is 21.7 Å². The molecule has 0 saturated carbocycles. The Kier molecular flexibility index (Phi) is 7.20. The molecule has 3 nitrogen and oxygen atoms in total. The van der Waals surface area contributed by atoms with E-state index in [4.69, 9.17) is 48.5 Å². The van der Waals surface area contributed by atoms with E-state index in [1.165, 1.54) is 0 Å². The molecule has 5 rings (SSSR count). The van der Waals surface area contributed by atoms with Crippen LogP contribution in [0.4, 0.5) is 17.1 Å². The number of benzene rings is 4. The van der Waals surface area contributed by atoms with Crippen LogP contribution in [0.2, 0.25) is 0 Å². The van der Waals surface area contributed by atoms with Crippen LogP contribution in [0.5, 0.6) is 0 Å². The molecule has 0 spiro atoms. The fourth-order valence-electron chi connectivity index (χ4n) is 4.68. The molecule has 0 bridgehead atoms. The average molecular weight is 496 g/mol. The van der Waals surface area contributed by atoms with Gasteiger partial charge in [0.05, 0.1) is 11.2 Å². The maximum atomic E-state index is 6.52. The van der Waals surface area contributed by atoms with Gasteiger partial charge in [0.1, 0.15) is 39.2 Å². The molecule has 1 fully saturated rings. The Morgan fingerprint density at radius 1 is 0.538 bits per heavy atom. The number of rotatable bonds is 5. The fraction of sp³-hybridized carbons (Fsp3) is 0.200. The number of nitrogens with zero attached hydrogens (tertiary/aromatic N) is 1. The first-order valence-electron chi connectivity index (χ1n) is 12.8. The van der Waals surface area contributed by atoms with E-state index >= 15 is 0 Å². The lowest BCUT2D eigenvalue weighted by Crippen LogP contribution is -2.56. The smallest absolute Gasteiger partial charge is 0.399 e. The summed E-state index contributed by atoms with van der Waals surface area (Å²) < 4.78 is 12.5. The van der Waals surface area contributed by atoms with Crippen LogP contribution >= 0.6 is 0 Å². The predicted molar refractivity (Wildman–Crippen MR) is 169 cm³/mol. The van der Waals surface area contributed by atoms with Gasteiger partial charge in [-0.15, -0.1) is 16.4 Å². The highest BCUT2D eigenvalue weighted by atomic mass is 16.7. The molecule has 4 aromatic rings. The van der Waals surface area contributed by atoms with Crippen LogP contribution < -0.4 is 37.7 Å². The van der Waals surface area contributed by atoms with Crippen molar-refractivity contribution in [1.82, 2.24) is 0 Å². The highest BCUT2D eigenvalue weighted by molar-refractivity contribution is 6.69. The fourth-order valence-corrected chi connectivity index (χ4v) is 4.68. The standard InChI is InChI=1S/C30H25B6NO2/c1-29(2)30(3,4)39-36(38-29)20-12-16-22(17-13-20)37(28-26(34)24(32)23(31)25(33)27(28)35)21-14-10-19(11-15-21)18-8-6-5-7-9-18/h5-17H,1-4H3. The maximum Gasteiger partial charge on any atom is 0.494 e. The molecule has 10 radical (unpaired) electrons. The Morgan fingerprint density at radius 2 is 0.949 bits per heavy atom. The zero-order chi connectivity index (χ0) is 28.1. The van der Waals surface area contributed by atoms with Crippen LogP contribution in [0.15, 0.2) is 78.9 Å². The summed E-state index contributed by atoms with van der Waals surface area (Å²) in [5.41, 5.74) is 5.35. The van der Waals surface area contributed by atoms with Gasteiger partial charge in [-0.1, -0.05) is 65.5 Å². The van der Waals surface area contributed by atoms with E-state index < -0.39 is 18.3 Å². The lowest BCUT2D eigenvalue weighted by Gasteiger charge is -2.32. The summed E-state index contributed by atoms with van der Waals surface area (Å²) in [6, 6.07) is 26.1. The second-order valence-corrected chi connectivity index (χ2v) is 10.8. The second kappa shape index (κ2) is 10.2. The highest BCUT2D eigenvalue weighted by Crippen LogP contribution is 2.37. The van der Waals surface area contributed by atoms with Crippen molar-refractivity contribution < 1.29 is 9.31 Å². The van der Waals surface area contributed by atoms with Crippen molar-refractivity contribution in [1.29, 1.82) is 0 Å². The van der Waals surface area contributed by atoms with Crippen molar-refractivity contribution >= 4 is 96.2 Å². The minimum absolute atomic E-state index is 0.171. The van der Waals surface area contributed by atoms with E-state index in [0.29, 0.717) is 5.69 Å². The molecule has 1 saturated heterocycles. The van der Waals surface area contributed by atoms with E-state index in [9.17, 15) is 0 Å². The van der Waals surface area contributed by atoms with Gasteiger partial charge < -0.3 is 14.2 Å². The first-order valence-corrected chi connectivity index (χ1v) is 12.8. The Labute approximate surface area is 238 Å². The van der Waals surface area contributed by atoms with E-state index in [2.05, 4.69) is 12.1 Å². The number of anilines is 3. The monoisotopic (exact) mass is 497 g/mol. The van der Waals surface area contributed by atoms with Gasteiger partial charge in [-0.3, -0.25) is 0 Å². The van der Waals surface area contributed by atoms with Crippen LogP contribution in [0.1, 0.15) is 27.7 Å². The summed E-state index contributed by atoms with van der Waals surface area (Å²) in [6.45, 7) is 8.13. The quantitative estimate of drug-likeness (QED) is 0.387. The highest BCUT2D eigenvalue weighted by Gasteiger charge is 2.51. The molecule has 0 atom stereocenters. The van der Waals surface area contributed by atoms with Crippen molar-refractivity contribution in [3.63, 3.8) is 0 Å². The third kappa shape index (κ3) is 4.92. The Morgan fingerprint density at radius 3 is 1.44 bits per heavy atom. The molecule has 1 heterocycles. The zero-order valence-corrected chi connectivity index (χ0v) is 22.7. The van der Waals surface area contributed by atoms with E-state index in [-0.39, 0.29) is 27.3 Å². The largest absolute Gasteiger partial charge is 0.494 e. The summed E-state index contributed by atoms with van der Waals surface area (Å²) in [5, 5.41) is 0. The van der Waals surface area contributed by atoms with Gasteiger partial charge in [-0.2, -0.15) is 0 Å². The normalized spacial score (nSPS) is 15.8. The third-order valence-electron chi connectivity index (χ3n) is 7.80. The summed E-state index contributed by atoms with van der Waals surface area (Å²) in [5.74, 6) is 0. The van der Waals surface area contributed by atoms with Crippen LogP contribution in [0, 0.1) is 0 Å². The van der Waals surface area contributed by atoms with Crippen molar-refractivity contribution in [3.05, 3.63) is 78.9 Å². The maximum absolute atomic E-state index is 6.52. The van der Waals surface area contributed by atoms with E-state index in [1.807, 2.05) is 99.3 Å². The molecule has 9 heteroatoms. The van der Waals surface area contributed by atoms with Gasteiger partial charge in [0.25, 0.3) is 0 Å². The van der Waals surface area contributed by atoms with Crippen LogP contribution in [0.3, 0.4) is 0 Å². The first kappa shape index (κ1) is 27.6. The van der Waals surface area contributed by atoms with E-state index in [0.717, 1.165) is 28.0 Å². The van der Waals surface area contributed by atoms with E-state index in [1.54, 1.807) is 0 Å². The Bertz CT molecular complexity index is 1460. The Hall–Kier alpha value is -3.01. The molecule has 0 aromatic heterocycles. The lowest BCUT2D eigenvalue weighted by atomic mass is 9.61. The summed E-state index contributed by atoms with van der Waals surface area (Å²) in [4.78, 5) is 1.93. The van der Waals surface area contributed by atoms with Crippen molar-refractivity contribution in [2.45, 2.75) is 38.9 Å². The van der Waals surface area contributed by atoms with Crippen molar-refractivity contribution in [3.8, 4) is 11.1 Å². The number of hydrogen-bond donors (Lipinski definition) is 0. The molecule has 1 aliphatic heterocycles. The van der Waals surface area contributed by atoms with Gasteiger partial charge in [-0.05, 0) is 68.6 Å². The molecule has 1 aliphatic rings. The van der Waals surface area contributed by atoms with Gasteiger partial charge in [0.15, 0.2) is 0 Å². The molecule has 39 heavy (non-hydrogen) atoms. The van der Waals surface area contributed by atoms with Gasteiger partial charge in [0.2, 0.25) is 0 Å². The van der Waals surface area contributed by atoms with Crippen molar-refractivity contribution in [2.75, 3.05) is 4.90 Å². The second-order valence-electron chi connectivity index (χ2n) is 10.8. The van der Waals surface area contributed by atoms with Crippen LogP contribution in [0.25, 0.3) is 11.1 Å². The minimum atomic E-state index is -0.486. The van der Waals surface area contributed by atoms with Crippen molar-refractivity contribution in [2.24, 2.45) is 0 Å². The summed E-state index contributed by atoms with van der Waals surface area (Å²) in [7, 11) is 31.2. The molecule has 0 amide bonds. The lowest BCUT2D eigenvalue weighted by molar-refractivity contribution is 0.00578. The summed E-state index contributed by atoms with van der Waals surface area (Å²) in [6.07, 6.45) is 0. The minimum Gasteiger partial charge on any atom is -0.399 e. The molecule has 0 aliphatic carbocycles. The third-order valence-corrected chi connectivity index (χ3v) is 7.80. The average Bonchev–Trinajstić information content (AvgIpc) is 3.16. The molecular formula is C30H25B6NO2. The van der Waals surface area contributed by atoms with Crippen LogP contribution in [-0.4, -0.2) is 57.6 Å². The van der Waals surface area contributed by atoms with Gasteiger partial charge in [-0.25, -0.2) is 0 Å². The zero-order valence-electron chi connectivity index (χ0n) is 22.7. The summed E-state index contributed by atoms with van der Waals surface area (Å²) >= 11 is 0. The SMILES string of the molecule is [B]c1c([B])c([B])c(N(c2ccc(B3OC(C)(C)C(C)(C)O3)cc2)c2ccc(-c3ccccc3)cc2)c([B])c1[B]. The molecular weight excluding hydrogens is 471 g/mol. The predicted octanol–water partition coefficient (Wildman–Crippen LogP) is 1.09. The van der Waals surface area contributed by atoms with Crippen LogP contribution in [-0.2, 0) is 9.31 Å². The first-order chi connectivity index (χ1) is 18.4. The molecule has 0 N–H and O–H groups in total. The molecule has 180 valence electrons. The Balaban J connectivity index is 1.60.